The molecule has 0 amide bonds. The largest absolute Gasteiger partial charge is 0.415 e. The fourth-order valence-corrected chi connectivity index (χ4v) is 0. The fourth-order valence-electron chi connectivity index (χ4n) is 0. The van der Waals surface area contributed by atoms with E-state index in [1.165, 1.54) is 0 Å². The number of hydrogen-bond donors (Lipinski definition) is 3. The second kappa shape index (κ2) is 18.7. The van der Waals surface area contributed by atoms with E-state index in [4.69, 9.17) is 0 Å². The zero-order valence-electron chi connectivity index (χ0n) is 6.06. The molecule has 0 saturated heterocycles. The van der Waals surface area contributed by atoms with Crippen molar-refractivity contribution in [2.45, 2.75) is 0 Å². The molecule has 0 aromatic carbocycles. The van der Waals surface area contributed by atoms with E-state index >= 15 is 0 Å². The monoisotopic (exact) mass is 463 g/mol. The van der Waals surface area contributed by atoms with Crippen LogP contribution in [0.5, 0.6) is 0 Å². The van der Waals surface area contributed by atoms with E-state index in [2.05, 4.69) is 91.7 Å². The first-order valence-corrected chi connectivity index (χ1v) is 4.54. The van der Waals surface area contributed by atoms with Crippen LogP contribution in [0.4, 0.5) is 0 Å². The van der Waals surface area contributed by atoms with Gasteiger partial charge in [-0.3, -0.25) is 0 Å². The Balaban J connectivity index is -0.0000000450. The SMILES string of the molecule is NC(=S)[S-].NC(=S)[S-].NC(=S)[S-].[Re]. The average Bonchev–Trinajstić information content (AvgIpc) is 1.54. The van der Waals surface area contributed by atoms with E-state index in [9.17, 15) is 0 Å². The molecule has 0 aliphatic carbocycles. The van der Waals surface area contributed by atoms with Crippen molar-refractivity contribution in [2.24, 2.45) is 17.2 Å². The van der Waals surface area contributed by atoms with E-state index in [1.54, 1.807) is 0 Å². The normalized spacial score (nSPS) is 5.54. The minimum Gasteiger partial charge on any atom is -0.415 e. The molecule has 0 aliphatic rings. The van der Waals surface area contributed by atoms with Gasteiger partial charge in [-0.15, -0.1) is 0 Å². The van der Waals surface area contributed by atoms with Gasteiger partial charge >= 0.3 is 0 Å². The Kier molecular flexibility index (Phi) is 34.1. The van der Waals surface area contributed by atoms with Crippen molar-refractivity contribution in [3.8, 4) is 0 Å². The van der Waals surface area contributed by atoms with Gasteiger partial charge in [0.15, 0.2) is 0 Å². The summed E-state index contributed by atoms with van der Waals surface area (Å²) in [6.07, 6.45) is 0. The molecule has 0 bridgehead atoms. The smallest absolute Gasteiger partial charge is 0 e. The topological polar surface area (TPSA) is 78.1 Å². The molecule has 0 aliphatic heterocycles. The standard InChI is InChI=1S/3CH3NS2.Re/c3*2-1(3)4;/h3*(H3,2,3,4);/p-3. The predicted molar refractivity (Wildman–Crippen MR) is 72.5 cm³/mol. The van der Waals surface area contributed by atoms with E-state index in [-0.39, 0.29) is 33.4 Å². The van der Waals surface area contributed by atoms with Crippen molar-refractivity contribution < 1.29 is 20.4 Å². The molecule has 0 unspecified atom stereocenters. The van der Waals surface area contributed by atoms with Gasteiger partial charge in [0.25, 0.3) is 0 Å². The van der Waals surface area contributed by atoms with Crippen molar-refractivity contribution in [3.05, 3.63) is 0 Å². The third-order valence-corrected chi connectivity index (χ3v) is 0. The first-order valence-electron chi connectivity index (χ1n) is 2.09. The van der Waals surface area contributed by atoms with Gasteiger partial charge in [0.05, 0.1) is 0 Å². The number of thiocarbonyl (C=S) groups is 3. The third-order valence-electron chi connectivity index (χ3n) is 0. The van der Waals surface area contributed by atoms with Crippen molar-refractivity contribution in [1.82, 2.24) is 0 Å². The summed E-state index contributed by atoms with van der Waals surface area (Å²) in [4.78, 5) is 0. The van der Waals surface area contributed by atoms with Gasteiger partial charge in [0.1, 0.15) is 0 Å². The van der Waals surface area contributed by atoms with Crippen LogP contribution in [0.3, 0.4) is 0 Å². The predicted octanol–water partition coefficient (Wildman–Crippen LogP) is -0.672. The van der Waals surface area contributed by atoms with Crippen LogP contribution in [0.1, 0.15) is 0 Å². The molecule has 6 N–H and O–H groups in total. The molecule has 0 heterocycles. The van der Waals surface area contributed by atoms with Crippen LogP contribution in [-0.2, 0) is 58.3 Å². The molecule has 0 rings (SSSR count). The molecule has 0 aromatic rings. The van der Waals surface area contributed by atoms with Gasteiger partial charge < -0.3 is 91.7 Å². The Morgan fingerprint density at radius 2 is 0.692 bits per heavy atom. The second-order valence-corrected chi connectivity index (χ2v) is 4.37. The number of nitrogens with two attached hydrogens (primary N) is 3. The fraction of sp³-hybridized carbons (Fsp3) is 0. The van der Waals surface area contributed by atoms with Crippen LogP contribution < -0.4 is 17.2 Å². The summed E-state index contributed by atoms with van der Waals surface area (Å²) in [5.41, 5.74) is 14.0. The molecule has 0 atom stereocenters. The van der Waals surface area contributed by atoms with E-state index < -0.39 is 0 Å². The first kappa shape index (κ1) is 23.7. The summed E-state index contributed by atoms with van der Waals surface area (Å²) in [7, 11) is 0. The average molecular weight is 463 g/mol. The maximum Gasteiger partial charge on any atom is 0 e. The van der Waals surface area contributed by atoms with Gasteiger partial charge in [-0.05, 0) is 0 Å². The molecule has 3 nitrogen and oxygen atoms in total. The molecule has 0 saturated carbocycles. The molecule has 0 aromatic heterocycles. The van der Waals surface area contributed by atoms with E-state index in [0.29, 0.717) is 0 Å². The Morgan fingerprint density at radius 1 is 0.692 bits per heavy atom. The molecule has 10 heteroatoms. The third kappa shape index (κ3) is 1590. The Hall–Kier alpha value is 0.992. The summed E-state index contributed by atoms with van der Waals surface area (Å²) in [6, 6.07) is 0. The minimum atomic E-state index is 0. The summed E-state index contributed by atoms with van der Waals surface area (Å²) in [6.45, 7) is 0. The summed E-state index contributed by atoms with van der Waals surface area (Å²) >= 11 is 24.8. The van der Waals surface area contributed by atoms with Gasteiger partial charge in [-0.1, -0.05) is 13.0 Å². The molecule has 79 valence electrons. The van der Waals surface area contributed by atoms with Crippen LogP contribution in [0, 0.1) is 0 Å². The molecule has 1 radical (unpaired) electrons. The Morgan fingerprint density at radius 3 is 0.692 bits per heavy atom. The zero-order valence-corrected chi connectivity index (χ0v) is 13.7. The molecular formula is C3H6N3ReS6-3. The molecule has 0 spiro atoms. The minimum absolute atomic E-state index is 0. The summed E-state index contributed by atoms with van der Waals surface area (Å²) in [5.74, 6) is 0. The van der Waals surface area contributed by atoms with E-state index in [1.807, 2.05) is 0 Å². The van der Waals surface area contributed by atoms with E-state index in [0.717, 1.165) is 0 Å². The molecule has 0 fully saturated rings. The van der Waals surface area contributed by atoms with Gasteiger partial charge in [-0.25, -0.2) is 0 Å². The summed E-state index contributed by atoms with van der Waals surface area (Å²) < 4.78 is 0.250. The number of hydrogen-bond acceptors (Lipinski definition) is 6. The van der Waals surface area contributed by atoms with Crippen molar-refractivity contribution in [3.63, 3.8) is 0 Å². The summed E-state index contributed by atoms with van der Waals surface area (Å²) in [5, 5.41) is 0. The second-order valence-electron chi connectivity index (χ2n) is 0.957. The van der Waals surface area contributed by atoms with Crippen LogP contribution >= 0.6 is 36.7 Å². The Bertz CT molecular complexity index is 121. The molecule has 13 heavy (non-hydrogen) atoms. The van der Waals surface area contributed by atoms with Gasteiger partial charge in [-0.2, -0.15) is 0 Å². The number of rotatable bonds is 0. The van der Waals surface area contributed by atoms with Crippen LogP contribution in [0.25, 0.3) is 0 Å². The molecular weight excluding hydrogens is 457 g/mol. The van der Waals surface area contributed by atoms with Crippen LogP contribution in [-0.4, -0.2) is 13.0 Å². The van der Waals surface area contributed by atoms with Crippen molar-refractivity contribution in [2.75, 3.05) is 0 Å². The Labute approximate surface area is 124 Å². The van der Waals surface area contributed by atoms with Gasteiger partial charge in [0.2, 0.25) is 0 Å². The van der Waals surface area contributed by atoms with Gasteiger partial charge in [0, 0.05) is 20.4 Å². The van der Waals surface area contributed by atoms with Crippen molar-refractivity contribution in [1.29, 1.82) is 0 Å². The maximum absolute atomic E-state index is 4.66. The quantitative estimate of drug-likeness (QED) is 0.321. The first-order chi connectivity index (χ1) is 5.20. The van der Waals surface area contributed by atoms with Crippen LogP contribution in [0.15, 0.2) is 0 Å². The zero-order chi connectivity index (χ0) is 10.7. The van der Waals surface area contributed by atoms with Crippen LogP contribution in [0.2, 0.25) is 0 Å². The van der Waals surface area contributed by atoms with Crippen molar-refractivity contribution >= 4 is 87.5 Å². The maximum atomic E-state index is 4.66.